The number of aryl methyl sites for hydroxylation is 1. The summed E-state index contributed by atoms with van der Waals surface area (Å²) in [5, 5.41) is 2.03. The van der Waals surface area contributed by atoms with Crippen molar-refractivity contribution in [2.75, 3.05) is 13.1 Å². The SMILES string of the molecule is CCc1nccn1CC1CCN(C(=O)Cc2cccs2)CC1. The van der Waals surface area contributed by atoms with Gasteiger partial charge in [-0.1, -0.05) is 13.0 Å². The number of amides is 1. The first-order valence-electron chi connectivity index (χ1n) is 8.06. The zero-order valence-electron chi connectivity index (χ0n) is 13.1. The van der Waals surface area contributed by atoms with Gasteiger partial charge in [0.05, 0.1) is 6.42 Å². The maximum atomic E-state index is 12.3. The van der Waals surface area contributed by atoms with Crippen LogP contribution in [0.2, 0.25) is 0 Å². The van der Waals surface area contributed by atoms with Gasteiger partial charge in [0.1, 0.15) is 5.82 Å². The number of hydrogen-bond acceptors (Lipinski definition) is 3. The van der Waals surface area contributed by atoms with Gasteiger partial charge in [-0.05, 0) is 30.2 Å². The molecule has 0 N–H and O–H groups in total. The highest BCUT2D eigenvalue weighted by Gasteiger charge is 2.23. The molecule has 5 heteroatoms. The Kier molecular flexibility index (Phi) is 4.93. The molecular formula is C17H23N3OS. The van der Waals surface area contributed by atoms with Crippen molar-refractivity contribution in [3.63, 3.8) is 0 Å². The minimum Gasteiger partial charge on any atom is -0.342 e. The van der Waals surface area contributed by atoms with Gasteiger partial charge >= 0.3 is 0 Å². The van der Waals surface area contributed by atoms with Crippen molar-refractivity contribution in [2.24, 2.45) is 5.92 Å². The van der Waals surface area contributed by atoms with E-state index < -0.39 is 0 Å². The van der Waals surface area contributed by atoms with E-state index in [4.69, 9.17) is 0 Å². The minimum atomic E-state index is 0.276. The Morgan fingerprint density at radius 3 is 2.91 bits per heavy atom. The third-order valence-electron chi connectivity index (χ3n) is 4.45. The molecule has 118 valence electrons. The Hall–Kier alpha value is -1.62. The van der Waals surface area contributed by atoms with Crippen molar-refractivity contribution in [2.45, 2.75) is 39.2 Å². The van der Waals surface area contributed by atoms with Crippen LogP contribution >= 0.6 is 11.3 Å². The number of thiophene rings is 1. The summed E-state index contributed by atoms with van der Waals surface area (Å²) in [6, 6.07) is 4.05. The van der Waals surface area contributed by atoms with Crippen molar-refractivity contribution in [3.05, 3.63) is 40.6 Å². The fourth-order valence-electron chi connectivity index (χ4n) is 3.14. The molecule has 22 heavy (non-hydrogen) atoms. The van der Waals surface area contributed by atoms with E-state index in [9.17, 15) is 4.79 Å². The number of imidazole rings is 1. The summed E-state index contributed by atoms with van der Waals surface area (Å²) in [4.78, 5) is 19.9. The molecule has 2 aromatic rings. The third kappa shape index (κ3) is 3.58. The summed E-state index contributed by atoms with van der Waals surface area (Å²) in [7, 11) is 0. The van der Waals surface area contributed by atoms with E-state index in [1.165, 1.54) is 0 Å². The highest BCUT2D eigenvalue weighted by atomic mass is 32.1. The van der Waals surface area contributed by atoms with E-state index in [0.717, 1.165) is 49.6 Å². The van der Waals surface area contributed by atoms with E-state index in [0.29, 0.717) is 12.3 Å². The average molecular weight is 317 g/mol. The highest BCUT2D eigenvalue weighted by Crippen LogP contribution is 2.21. The topological polar surface area (TPSA) is 38.1 Å². The first-order chi connectivity index (χ1) is 10.8. The molecule has 1 saturated heterocycles. The molecule has 1 fully saturated rings. The molecule has 4 nitrogen and oxygen atoms in total. The van der Waals surface area contributed by atoms with Crippen LogP contribution in [0.4, 0.5) is 0 Å². The number of carbonyl (C=O) groups excluding carboxylic acids is 1. The zero-order chi connectivity index (χ0) is 15.4. The second-order valence-corrected chi connectivity index (χ2v) is 6.96. The van der Waals surface area contributed by atoms with E-state index in [1.54, 1.807) is 11.3 Å². The number of rotatable bonds is 5. The summed E-state index contributed by atoms with van der Waals surface area (Å²) in [5.41, 5.74) is 0. The molecule has 0 bridgehead atoms. The molecule has 1 amide bonds. The normalized spacial score (nSPS) is 16.1. The lowest BCUT2D eigenvalue weighted by Crippen LogP contribution is -2.40. The third-order valence-corrected chi connectivity index (χ3v) is 5.32. The molecule has 2 aromatic heterocycles. The lowest BCUT2D eigenvalue weighted by molar-refractivity contribution is -0.131. The summed E-state index contributed by atoms with van der Waals surface area (Å²) in [6.07, 6.45) is 7.69. The quantitative estimate of drug-likeness (QED) is 0.850. The molecule has 0 atom stereocenters. The zero-order valence-corrected chi connectivity index (χ0v) is 13.9. The largest absolute Gasteiger partial charge is 0.342 e. The second kappa shape index (κ2) is 7.09. The number of nitrogens with zero attached hydrogens (tertiary/aromatic N) is 3. The van der Waals surface area contributed by atoms with Crippen LogP contribution < -0.4 is 0 Å². The molecule has 0 saturated carbocycles. The smallest absolute Gasteiger partial charge is 0.227 e. The standard InChI is InChI=1S/C17H23N3OS/c1-2-16-18-7-10-20(16)13-14-5-8-19(9-6-14)17(21)12-15-4-3-11-22-15/h3-4,7,10-11,14H,2,5-6,8-9,12-13H2,1H3. The molecule has 0 unspecified atom stereocenters. The van der Waals surface area contributed by atoms with Gasteiger partial charge in [0.15, 0.2) is 0 Å². The lowest BCUT2D eigenvalue weighted by atomic mass is 9.96. The van der Waals surface area contributed by atoms with E-state index in [2.05, 4.69) is 22.7 Å². The number of hydrogen-bond donors (Lipinski definition) is 0. The van der Waals surface area contributed by atoms with Crippen molar-refractivity contribution in [1.29, 1.82) is 0 Å². The molecule has 0 spiro atoms. The Morgan fingerprint density at radius 1 is 1.41 bits per heavy atom. The summed E-state index contributed by atoms with van der Waals surface area (Å²) in [5.74, 6) is 2.10. The average Bonchev–Trinajstić information content (AvgIpc) is 3.19. The van der Waals surface area contributed by atoms with Gasteiger partial charge in [-0.3, -0.25) is 4.79 Å². The number of carbonyl (C=O) groups is 1. The van der Waals surface area contributed by atoms with Crippen LogP contribution in [0.25, 0.3) is 0 Å². The van der Waals surface area contributed by atoms with Crippen LogP contribution in [-0.2, 0) is 24.2 Å². The summed E-state index contributed by atoms with van der Waals surface area (Å²) < 4.78 is 2.27. The molecular weight excluding hydrogens is 294 g/mol. The minimum absolute atomic E-state index is 0.276. The molecule has 1 aliphatic heterocycles. The number of aromatic nitrogens is 2. The fourth-order valence-corrected chi connectivity index (χ4v) is 3.83. The first kappa shape index (κ1) is 15.3. The van der Waals surface area contributed by atoms with Crippen molar-refractivity contribution in [3.8, 4) is 0 Å². The van der Waals surface area contributed by atoms with Gasteiger partial charge in [-0.15, -0.1) is 11.3 Å². The molecule has 0 radical (unpaired) electrons. The predicted molar refractivity (Wildman–Crippen MR) is 88.9 cm³/mol. The maximum Gasteiger partial charge on any atom is 0.227 e. The second-order valence-electron chi connectivity index (χ2n) is 5.93. The monoisotopic (exact) mass is 317 g/mol. The maximum absolute atomic E-state index is 12.3. The van der Waals surface area contributed by atoms with Gasteiger partial charge < -0.3 is 9.47 Å². The Balaban J connectivity index is 1.49. The van der Waals surface area contributed by atoms with Crippen LogP contribution in [0.1, 0.15) is 30.5 Å². The van der Waals surface area contributed by atoms with Crippen LogP contribution in [0, 0.1) is 5.92 Å². The van der Waals surface area contributed by atoms with E-state index in [1.807, 2.05) is 28.6 Å². The summed E-state index contributed by atoms with van der Waals surface area (Å²) >= 11 is 1.66. The van der Waals surface area contributed by atoms with Gasteiger partial charge in [-0.25, -0.2) is 4.98 Å². The predicted octanol–water partition coefficient (Wildman–Crippen LogP) is 2.99. The molecule has 0 aromatic carbocycles. The molecule has 1 aliphatic rings. The van der Waals surface area contributed by atoms with Gasteiger partial charge in [-0.2, -0.15) is 0 Å². The lowest BCUT2D eigenvalue weighted by Gasteiger charge is -2.32. The number of piperidine rings is 1. The highest BCUT2D eigenvalue weighted by molar-refractivity contribution is 7.10. The van der Waals surface area contributed by atoms with Crippen molar-refractivity contribution >= 4 is 17.2 Å². The Bertz CT molecular complexity index is 597. The molecule has 3 heterocycles. The fraction of sp³-hybridized carbons (Fsp3) is 0.529. The van der Waals surface area contributed by atoms with Gasteiger partial charge in [0, 0.05) is 43.3 Å². The van der Waals surface area contributed by atoms with Crippen LogP contribution in [0.5, 0.6) is 0 Å². The molecule has 0 aliphatic carbocycles. The van der Waals surface area contributed by atoms with Gasteiger partial charge in [0.2, 0.25) is 5.91 Å². The van der Waals surface area contributed by atoms with Crippen LogP contribution in [0.3, 0.4) is 0 Å². The van der Waals surface area contributed by atoms with E-state index in [-0.39, 0.29) is 5.91 Å². The van der Waals surface area contributed by atoms with Crippen LogP contribution in [-0.4, -0.2) is 33.4 Å². The van der Waals surface area contributed by atoms with Gasteiger partial charge in [0.25, 0.3) is 0 Å². The van der Waals surface area contributed by atoms with E-state index >= 15 is 0 Å². The molecule has 3 rings (SSSR count). The Labute approximate surface area is 135 Å². The van der Waals surface area contributed by atoms with Crippen molar-refractivity contribution in [1.82, 2.24) is 14.5 Å². The van der Waals surface area contributed by atoms with Crippen molar-refractivity contribution < 1.29 is 4.79 Å². The summed E-state index contributed by atoms with van der Waals surface area (Å²) in [6.45, 7) is 4.97. The Morgan fingerprint density at radius 2 is 2.23 bits per heavy atom. The first-order valence-corrected chi connectivity index (χ1v) is 8.94. The van der Waals surface area contributed by atoms with Crippen LogP contribution in [0.15, 0.2) is 29.9 Å². The number of likely N-dealkylation sites (tertiary alicyclic amines) is 1.